The van der Waals surface area contributed by atoms with Crippen molar-refractivity contribution in [2.75, 3.05) is 0 Å². The Bertz CT molecular complexity index is 455. The average Bonchev–Trinajstić information content (AvgIpc) is 2.16. The first-order valence-electron chi connectivity index (χ1n) is 3.59. The number of phenols is 1. The Morgan fingerprint density at radius 3 is 2.07 bits per heavy atom. The number of nitro groups is 2. The summed E-state index contributed by atoms with van der Waals surface area (Å²) in [5, 5.41) is 30.0. The zero-order chi connectivity index (χ0) is 11.6. The number of benzene rings is 1. The van der Waals surface area contributed by atoms with E-state index in [1.165, 1.54) is 0 Å². The highest BCUT2D eigenvalue weighted by Crippen LogP contribution is 2.37. The second-order valence-electron chi connectivity index (χ2n) is 2.50. The van der Waals surface area contributed by atoms with Crippen molar-refractivity contribution in [3.8, 4) is 5.75 Å². The van der Waals surface area contributed by atoms with E-state index in [0.29, 0.717) is 0 Å². The molecule has 1 rings (SSSR count). The van der Waals surface area contributed by atoms with Gasteiger partial charge >= 0.3 is 11.4 Å². The highest BCUT2D eigenvalue weighted by molar-refractivity contribution is 5.86. The third-order valence-electron chi connectivity index (χ3n) is 1.65. The molecule has 78 valence electrons. The molecule has 0 saturated carbocycles. The summed E-state index contributed by atoms with van der Waals surface area (Å²) in [4.78, 5) is 29.1. The molecule has 0 fully saturated rings. The fourth-order valence-electron chi connectivity index (χ4n) is 1.05. The summed E-state index contributed by atoms with van der Waals surface area (Å²) in [6, 6.07) is 1.79. The number of nitrogens with zero attached hydrogens (tertiary/aromatic N) is 2. The molecule has 15 heavy (non-hydrogen) atoms. The van der Waals surface area contributed by atoms with Gasteiger partial charge in [0.15, 0.2) is 6.29 Å². The number of hydrogen-bond acceptors (Lipinski definition) is 6. The molecular weight excluding hydrogens is 208 g/mol. The normalized spacial score (nSPS) is 9.60. The van der Waals surface area contributed by atoms with Crippen molar-refractivity contribution >= 4 is 17.7 Å². The molecule has 1 N–H and O–H groups in total. The van der Waals surface area contributed by atoms with Crippen LogP contribution >= 0.6 is 0 Å². The largest absolute Gasteiger partial charge is 0.502 e. The van der Waals surface area contributed by atoms with E-state index in [1.807, 2.05) is 0 Å². The van der Waals surface area contributed by atoms with Crippen LogP contribution in [0.3, 0.4) is 0 Å². The summed E-state index contributed by atoms with van der Waals surface area (Å²) in [6.45, 7) is 0. The van der Waals surface area contributed by atoms with Gasteiger partial charge < -0.3 is 5.11 Å². The molecule has 1 aromatic carbocycles. The molecule has 0 aliphatic rings. The van der Waals surface area contributed by atoms with Gasteiger partial charge in [-0.05, 0) is 12.1 Å². The van der Waals surface area contributed by atoms with Crippen LogP contribution in [0.4, 0.5) is 11.4 Å². The van der Waals surface area contributed by atoms with Crippen LogP contribution in [-0.4, -0.2) is 21.2 Å². The molecule has 0 heterocycles. The lowest BCUT2D eigenvalue weighted by Gasteiger charge is -1.99. The quantitative estimate of drug-likeness (QED) is 0.453. The van der Waals surface area contributed by atoms with Gasteiger partial charge in [0.25, 0.3) is 0 Å². The van der Waals surface area contributed by atoms with Crippen molar-refractivity contribution in [1.82, 2.24) is 0 Å². The van der Waals surface area contributed by atoms with Gasteiger partial charge in [-0.25, -0.2) is 0 Å². The molecule has 0 unspecified atom stereocenters. The number of carbonyl (C=O) groups is 1. The van der Waals surface area contributed by atoms with Crippen molar-refractivity contribution in [3.05, 3.63) is 37.9 Å². The summed E-state index contributed by atoms with van der Waals surface area (Å²) in [6.07, 6.45) is 0.116. The Morgan fingerprint density at radius 1 is 1.13 bits per heavy atom. The lowest BCUT2D eigenvalue weighted by Crippen LogP contribution is -2.00. The Kier molecular flexibility index (Phi) is 2.61. The van der Waals surface area contributed by atoms with E-state index in [2.05, 4.69) is 0 Å². The van der Waals surface area contributed by atoms with E-state index in [4.69, 9.17) is 5.11 Å². The number of hydrogen-bond donors (Lipinski definition) is 1. The first kappa shape index (κ1) is 10.6. The van der Waals surface area contributed by atoms with Crippen molar-refractivity contribution in [2.24, 2.45) is 0 Å². The number of carbonyl (C=O) groups excluding carboxylic acids is 1. The fraction of sp³-hybridized carbons (Fsp3) is 0. The third-order valence-corrected chi connectivity index (χ3v) is 1.65. The van der Waals surface area contributed by atoms with Gasteiger partial charge in [-0.1, -0.05) is 0 Å². The van der Waals surface area contributed by atoms with E-state index in [-0.39, 0.29) is 6.29 Å². The maximum absolute atomic E-state index is 10.5. The summed E-state index contributed by atoms with van der Waals surface area (Å²) in [7, 11) is 0. The van der Waals surface area contributed by atoms with Crippen LogP contribution in [0.15, 0.2) is 12.1 Å². The molecule has 0 radical (unpaired) electrons. The van der Waals surface area contributed by atoms with Crippen LogP contribution in [0.1, 0.15) is 10.4 Å². The SMILES string of the molecule is O=Cc1ccc(O)c([N+](=O)[O-])c1[N+](=O)[O-]. The topological polar surface area (TPSA) is 124 Å². The molecule has 0 aliphatic heterocycles. The highest BCUT2D eigenvalue weighted by Gasteiger charge is 2.32. The van der Waals surface area contributed by atoms with E-state index in [0.717, 1.165) is 12.1 Å². The summed E-state index contributed by atoms with van der Waals surface area (Å²) in [5.41, 5.74) is -2.54. The zero-order valence-corrected chi connectivity index (χ0v) is 7.11. The van der Waals surface area contributed by atoms with Gasteiger partial charge in [-0.15, -0.1) is 0 Å². The second-order valence-corrected chi connectivity index (χ2v) is 2.50. The second kappa shape index (κ2) is 3.70. The molecule has 8 nitrogen and oxygen atoms in total. The highest BCUT2D eigenvalue weighted by atomic mass is 16.6. The molecule has 8 heteroatoms. The molecule has 0 bridgehead atoms. The van der Waals surface area contributed by atoms with Gasteiger partial charge in [-0.3, -0.25) is 25.0 Å². The fourth-order valence-corrected chi connectivity index (χ4v) is 1.05. The summed E-state index contributed by atoms with van der Waals surface area (Å²) < 4.78 is 0. The Hall–Kier alpha value is -2.51. The Balaban J connectivity index is 3.65. The van der Waals surface area contributed by atoms with Gasteiger partial charge in [0.05, 0.1) is 15.4 Å². The maximum Gasteiger partial charge on any atom is 0.387 e. The lowest BCUT2D eigenvalue weighted by atomic mass is 10.1. The maximum atomic E-state index is 10.5. The number of aldehydes is 1. The minimum absolute atomic E-state index is 0.116. The van der Waals surface area contributed by atoms with Gasteiger partial charge in [0.1, 0.15) is 0 Å². The Labute approximate surface area is 82.1 Å². The molecule has 0 spiro atoms. The molecule has 0 atom stereocenters. The van der Waals surface area contributed by atoms with Gasteiger partial charge in [-0.2, -0.15) is 0 Å². The van der Waals surface area contributed by atoms with Crippen LogP contribution in [0.5, 0.6) is 5.75 Å². The molecule has 0 amide bonds. The third kappa shape index (κ3) is 1.73. The van der Waals surface area contributed by atoms with Crippen LogP contribution in [0, 0.1) is 20.2 Å². The predicted octanol–water partition coefficient (Wildman–Crippen LogP) is 1.02. The number of nitro benzene ring substituents is 2. The number of aromatic hydroxyl groups is 1. The van der Waals surface area contributed by atoms with Crippen LogP contribution in [-0.2, 0) is 0 Å². The van der Waals surface area contributed by atoms with Crippen molar-refractivity contribution in [2.45, 2.75) is 0 Å². The first-order valence-corrected chi connectivity index (χ1v) is 3.59. The summed E-state index contributed by atoms with van der Waals surface area (Å²) >= 11 is 0. The van der Waals surface area contributed by atoms with Crippen molar-refractivity contribution in [3.63, 3.8) is 0 Å². The van der Waals surface area contributed by atoms with Crippen LogP contribution in [0.2, 0.25) is 0 Å². The Morgan fingerprint density at radius 2 is 1.67 bits per heavy atom. The molecule has 0 aliphatic carbocycles. The predicted molar refractivity (Wildman–Crippen MR) is 46.8 cm³/mol. The first-order chi connectivity index (χ1) is 6.99. The monoisotopic (exact) mass is 212 g/mol. The van der Waals surface area contributed by atoms with E-state index in [9.17, 15) is 25.0 Å². The van der Waals surface area contributed by atoms with E-state index < -0.39 is 32.5 Å². The van der Waals surface area contributed by atoms with Crippen LogP contribution < -0.4 is 0 Å². The zero-order valence-electron chi connectivity index (χ0n) is 7.11. The van der Waals surface area contributed by atoms with Gasteiger partial charge in [0.2, 0.25) is 5.75 Å². The smallest absolute Gasteiger partial charge is 0.387 e. The minimum atomic E-state index is -1.11. The standard InChI is InChI=1S/C7H4N2O6/c10-3-4-1-2-5(11)7(9(14)15)6(4)8(12)13/h1-3,11H. The number of phenolic OH excluding ortho intramolecular Hbond substituents is 1. The van der Waals surface area contributed by atoms with Gasteiger partial charge in [0, 0.05) is 0 Å². The molecular formula is C7H4N2O6. The van der Waals surface area contributed by atoms with Crippen LogP contribution in [0.25, 0.3) is 0 Å². The van der Waals surface area contributed by atoms with Crippen molar-refractivity contribution < 1.29 is 19.7 Å². The lowest BCUT2D eigenvalue weighted by molar-refractivity contribution is -0.423. The molecule has 0 saturated heterocycles. The summed E-state index contributed by atoms with van der Waals surface area (Å²) in [5.74, 6) is -0.850. The molecule has 0 aromatic heterocycles. The number of rotatable bonds is 3. The minimum Gasteiger partial charge on any atom is -0.502 e. The van der Waals surface area contributed by atoms with Crippen molar-refractivity contribution in [1.29, 1.82) is 0 Å². The van der Waals surface area contributed by atoms with E-state index in [1.54, 1.807) is 0 Å². The average molecular weight is 212 g/mol. The van der Waals surface area contributed by atoms with E-state index >= 15 is 0 Å². The molecule has 1 aromatic rings.